The molecule has 1 atom stereocenters. The van der Waals surface area contributed by atoms with Gasteiger partial charge in [0.1, 0.15) is 11.8 Å². The largest absolute Gasteiger partial charge is 0.496 e. The lowest BCUT2D eigenvalue weighted by molar-refractivity contribution is -0.139. The summed E-state index contributed by atoms with van der Waals surface area (Å²) in [6.45, 7) is 0. The maximum absolute atomic E-state index is 13.2. The highest BCUT2D eigenvalue weighted by molar-refractivity contribution is 7.53. The number of aliphatic carboxylic acids is 1. The summed E-state index contributed by atoms with van der Waals surface area (Å²) in [5, 5.41) is 11.0. The van der Waals surface area contributed by atoms with Gasteiger partial charge in [0.25, 0.3) is 0 Å². The van der Waals surface area contributed by atoms with Crippen LogP contribution in [0.4, 0.5) is 0 Å². The van der Waals surface area contributed by atoms with Gasteiger partial charge in [-0.3, -0.25) is 14.7 Å². The number of rotatable bonds is 10. The maximum Gasteiger partial charge on any atom is 0.354 e. The Balaban J connectivity index is 1.77. The molecule has 0 saturated heterocycles. The molecule has 4 N–H and O–H groups in total. The Kier molecular flexibility index (Phi) is 7.91. The smallest absolute Gasteiger partial charge is 0.354 e. The third-order valence-corrected chi connectivity index (χ3v) is 7.81. The summed E-state index contributed by atoms with van der Waals surface area (Å²) in [7, 11) is -3.47. The Hall–Kier alpha value is -3.74. The van der Waals surface area contributed by atoms with Crippen LogP contribution in [0.25, 0.3) is 11.1 Å². The quantitative estimate of drug-likeness (QED) is 0.218. The Bertz CT molecular complexity index is 1350. The van der Waals surface area contributed by atoms with Gasteiger partial charge >= 0.3 is 13.6 Å². The molecule has 190 valence electrons. The highest BCUT2D eigenvalue weighted by Crippen LogP contribution is 2.59. The van der Waals surface area contributed by atoms with E-state index in [-0.39, 0.29) is 17.5 Å². The fourth-order valence-electron chi connectivity index (χ4n) is 4.52. The van der Waals surface area contributed by atoms with Crippen LogP contribution in [0.5, 0.6) is 5.75 Å². The normalized spacial score (nSPS) is 12.6. The summed E-state index contributed by atoms with van der Waals surface area (Å²) in [4.78, 5) is 33.9. The van der Waals surface area contributed by atoms with Crippen molar-refractivity contribution in [3.8, 4) is 16.9 Å². The first kappa shape index (κ1) is 26.3. The van der Waals surface area contributed by atoms with Crippen LogP contribution in [-0.4, -0.2) is 34.0 Å². The summed E-state index contributed by atoms with van der Waals surface area (Å²) in [5.41, 5.74) is 2.96. The molecule has 0 spiro atoms. The van der Waals surface area contributed by atoms with Crippen LogP contribution in [0.1, 0.15) is 16.7 Å². The third kappa shape index (κ3) is 5.50. The minimum atomic E-state index is -5.01. The topological polar surface area (TPSA) is 116 Å². The fourth-order valence-corrected chi connectivity index (χ4v) is 5.81. The highest BCUT2D eigenvalue weighted by Gasteiger charge is 2.52. The Morgan fingerprint density at radius 2 is 1.38 bits per heavy atom. The van der Waals surface area contributed by atoms with E-state index in [1.165, 1.54) is 0 Å². The molecule has 4 rings (SSSR count). The maximum atomic E-state index is 13.2. The number of nitrogens with one attached hydrogen (secondary N) is 1. The van der Waals surface area contributed by atoms with Crippen LogP contribution >= 0.6 is 7.60 Å². The molecule has 37 heavy (non-hydrogen) atoms. The first-order chi connectivity index (χ1) is 17.8. The molecule has 0 aliphatic carbocycles. The summed E-state index contributed by atoms with van der Waals surface area (Å²) in [6.07, 6.45) is -0.0395. The van der Waals surface area contributed by atoms with Gasteiger partial charge in [-0.1, -0.05) is 103 Å². The van der Waals surface area contributed by atoms with Gasteiger partial charge in [-0.25, -0.2) is 0 Å². The number of carboxylic acid groups (broad SMARTS) is 1. The Morgan fingerprint density at radius 1 is 0.865 bits per heavy atom. The van der Waals surface area contributed by atoms with Crippen LogP contribution < -0.4 is 10.1 Å². The molecule has 0 radical (unpaired) electrons. The molecule has 4 aromatic carbocycles. The number of benzene rings is 4. The van der Waals surface area contributed by atoms with Gasteiger partial charge < -0.3 is 19.6 Å². The molecular formula is C29H28NO6P. The molecule has 7 nitrogen and oxygen atoms in total. The minimum absolute atomic E-state index is 0.0395. The van der Waals surface area contributed by atoms with Gasteiger partial charge in [0, 0.05) is 5.56 Å². The van der Waals surface area contributed by atoms with Gasteiger partial charge in [0.2, 0.25) is 0 Å². The van der Waals surface area contributed by atoms with Crippen molar-refractivity contribution < 1.29 is 29.0 Å². The molecule has 0 aliphatic heterocycles. The average molecular weight is 518 g/mol. The zero-order valence-corrected chi connectivity index (χ0v) is 21.1. The number of carbonyl (C=O) groups is 1. The molecule has 0 heterocycles. The second kappa shape index (κ2) is 11.1. The van der Waals surface area contributed by atoms with E-state index in [1.807, 2.05) is 36.4 Å². The van der Waals surface area contributed by atoms with Crippen LogP contribution in [0.15, 0.2) is 109 Å². The van der Waals surface area contributed by atoms with Crippen molar-refractivity contribution >= 4 is 13.6 Å². The molecule has 0 saturated carbocycles. The highest BCUT2D eigenvalue weighted by atomic mass is 31.2. The standard InChI is InChI=1S/C29H28NO6P/c1-36-27-20-21(17-18-25(27)22-11-5-2-6-12-22)19-26(28(31)32)30-29(37(33,34)35,23-13-7-3-8-14-23)24-15-9-4-10-16-24/h2-18,20,26,30H,19H2,1H3,(H,31,32)(H2,33,34,35). The van der Waals surface area contributed by atoms with Crippen LogP contribution in [0.2, 0.25) is 0 Å². The lowest BCUT2D eigenvalue weighted by Gasteiger charge is -2.38. The van der Waals surface area contributed by atoms with E-state index in [1.54, 1.807) is 79.9 Å². The number of methoxy groups -OCH3 is 1. The van der Waals surface area contributed by atoms with Crippen LogP contribution in [0, 0.1) is 0 Å². The lowest BCUT2D eigenvalue weighted by Crippen LogP contribution is -2.52. The minimum Gasteiger partial charge on any atom is -0.496 e. The first-order valence-corrected chi connectivity index (χ1v) is 13.3. The molecule has 8 heteroatoms. The van der Waals surface area contributed by atoms with Crippen molar-refractivity contribution in [3.63, 3.8) is 0 Å². The molecule has 0 bridgehead atoms. The number of hydrogen-bond acceptors (Lipinski definition) is 4. The zero-order chi connectivity index (χ0) is 26.5. The monoisotopic (exact) mass is 517 g/mol. The van der Waals surface area contributed by atoms with Gasteiger partial charge in [0.15, 0.2) is 5.28 Å². The van der Waals surface area contributed by atoms with Crippen molar-refractivity contribution in [3.05, 3.63) is 126 Å². The Morgan fingerprint density at radius 3 is 1.84 bits per heavy atom. The van der Waals surface area contributed by atoms with Crippen molar-refractivity contribution in [2.24, 2.45) is 0 Å². The zero-order valence-electron chi connectivity index (χ0n) is 20.2. The summed E-state index contributed by atoms with van der Waals surface area (Å²) < 4.78 is 18.8. The first-order valence-electron chi connectivity index (χ1n) is 11.7. The van der Waals surface area contributed by atoms with Gasteiger partial charge in [-0.15, -0.1) is 0 Å². The molecule has 0 amide bonds. The van der Waals surface area contributed by atoms with E-state index >= 15 is 0 Å². The fraction of sp³-hybridized carbons (Fsp3) is 0.138. The van der Waals surface area contributed by atoms with E-state index in [0.29, 0.717) is 11.3 Å². The van der Waals surface area contributed by atoms with Gasteiger partial charge in [-0.05, 0) is 34.7 Å². The second-order valence-electron chi connectivity index (χ2n) is 8.63. The molecule has 1 unspecified atom stereocenters. The SMILES string of the molecule is COc1cc(CC(NC(c2ccccc2)(c2ccccc2)P(=O)(O)O)C(=O)O)ccc1-c1ccccc1. The van der Waals surface area contributed by atoms with E-state index < -0.39 is 24.9 Å². The van der Waals surface area contributed by atoms with E-state index in [9.17, 15) is 24.3 Å². The molecule has 0 aliphatic rings. The lowest BCUT2D eigenvalue weighted by atomic mass is 9.94. The van der Waals surface area contributed by atoms with E-state index in [0.717, 1.165) is 11.1 Å². The van der Waals surface area contributed by atoms with Gasteiger partial charge in [0.05, 0.1) is 7.11 Å². The molecule has 4 aromatic rings. The van der Waals surface area contributed by atoms with Crippen molar-refractivity contribution in [2.45, 2.75) is 17.7 Å². The number of carboxylic acids is 1. The van der Waals surface area contributed by atoms with Crippen molar-refractivity contribution in [1.82, 2.24) is 5.32 Å². The molecule has 0 fully saturated rings. The number of ether oxygens (including phenoxy) is 1. The Labute approximate surface area is 215 Å². The number of hydrogen-bond donors (Lipinski definition) is 4. The van der Waals surface area contributed by atoms with Gasteiger partial charge in [-0.2, -0.15) is 0 Å². The predicted octanol–water partition coefficient (Wildman–Crippen LogP) is 5.03. The summed E-state index contributed by atoms with van der Waals surface area (Å²) in [5.74, 6) is -0.670. The summed E-state index contributed by atoms with van der Waals surface area (Å²) in [6, 6.07) is 30.1. The van der Waals surface area contributed by atoms with Crippen molar-refractivity contribution in [2.75, 3.05) is 7.11 Å². The van der Waals surface area contributed by atoms with Crippen molar-refractivity contribution in [1.29, 1.82) is 0 Å². The van der Waals surface area contributed by atoms with Crippen LogP contribution in [0.3, 0.4) is 0 Å². The van der Waals surface area contributed by atoms with Crippen LogP contribution in [-0.2, 0) is 21.1 Å². The predicted molar refractivity (Wildman–Crippen MR) is 142 cm³/mol. The van der Waals surface area contributed by atoms with E-state index in [2.05, 4.69) is 5.32 Å². The second-order valence-corrected chi connectivity index (χ2v) is 10.4. The molecular weight excluding hydrogens is 489 g/mol. The summed E-state index contributed by atoms with van der Waals surface area (Å²) >= 11 is 0. The third-order valence-electron chi connectivity index (χ3n) is 6.29. The average Bonchev–Trinajstić information content (AvgIpc) is 2.91. The van der Waals surface area contributed by atoms with E-state index in [4.69, 9.17) is 4.74 Å². The molecule has 0 aromatic heterocycles.